The number of benzene rings is 1. The summed E-state index contributed by atoms with van der Waals surface area (Å²) in [4.78, 5) is 15.1. The number of hydrogen-bond acceptors (Lipinski definition) is 3. The molecule has 2 heterocycles. The van der Waals surface area contributed by atoms with E-state index < -0.39 is 9.84 Å². The van der Waals surface area contributed by atoms with E-state index >= 15 is 0 Å². The minimum atomic E-state index is -3.00. The fraction of sp³-hybridized carbons (Fsp3) is 0.308. The van der Waals surface area contributed by atoms with Crippen LogP contribution in [0.15, 0.2) is 24.3 Å². The second-order valence-corrected chi connectivity index (χ2v) is 7.65. The molecule has 1 amide bonds. The van der Waals surface area contributed by atoms with Crippen LogP contribution >= 0.6 is 11.6 Å². The third kappa shape index (κ3) is 2.66. The maximum atomic E-state index is 12.1. The lowest BCUT2D eigenvalue weighted by molar-refractivity contribution is 0.0937. The molecule has 1 saturated heterocycles. The van der Waals surface area contributed by atoms with Gasteiger partial charge in [-0.2, -0.15) is 0 Å². The number of halogens is 1. The Balaban J connectivity index is 1.79. The van der Waals surface area contributed by atoms with Gasteiger partial charge in [-0.05, 0) is 30.7 Å². The van der Waals surface area contributed by atoms with Crippen molar-refractivity contribution < 1.29 is 13.2 Å². The summed E-state index contributed by atoms with van der Waals surface area (Å²) in [7, 11) is -3.00. The quantitative estimate of drug-likeness (QED) is 0.886. The summed E-state index contributed by atoms with van der Waals surface area (Å²) in [5.74, 6) is -0.134. The molecule has 20 heavy (non-hydrogen) atoms. The van der Waals surface area contributed by atoms with E-state index in [1.165, 1.54) is 0 Å². The summed E-state index contributed by atoms with van der Waals surface area (Å²) < 4.78 is 22.7. The van der Waals surface area contributed by atoms with E-state index in [9.17, 15) is 13.2 Å². The summed E-state index contributed by atoms with van der Waals surface area (Å²) in [6, 6.07) is 6.71. The van der Waals surface area contributed by atoms with Crippen LogP contribution in [0.5, 0.6) is 0 Å². The van der Waals surface area contributed by atoms with Gasteiger partial charge in [0.25, 0.3) is 5.91 Å². The summed E-state index contributed by atoms with van der Waals surface area (Å²) >= 11 is 5.90. The summed E-state index contributed by atoms with van der Waals surface area (Å²) in [6.45, 7) is 0. The number of amides is 1. The molecule has 1 aliphatic rings. The number of carbonyl (C=O) groups is 1. The minimum Gasteiger partial charge on any atom is -0.351 e. The third-order valence-electron chi connectivity index (χ3n) is 3.40. The molecule has 0 spiro atoms. The molecule has 106 valence electrons. The van der Waals surface area contributed by atoms with Crippen molar-refractivity contribution >= 4 is 38.2 Å². The highest BCUT2D eigenvalue weighted by Gasteiger charge is 2.29. The van der Waals surface area contributed by atoms with Crippen molar-refractivity contribution in [2.75, 3.05) is 11.5 Å². The molecule has 1 fully saturated rings. The van der Waals surface area contributed by atoms with Gasteiger partial charge in [0.15, 0.2) is 9.84 Å². The topological polar surface area (TPSA) is 79.0 Å². The Labute approximate surface area is 121 Å². The predicted molar refractivity (Wildman–Crippen MR) is 77.8 cm³/mol. The van der Waals surface area contributed by atoms with Crippen LogP contribution in [0.4, 0.5) is 0 Å². The fourth-order valence-electron chi connectivity index (χ4n) is 2.40. The second-order valence-electron chi connectivity index (χ2n) is 4.99. The van der Waals surface area contributed by atoms with Gasteiger partial charge in [-0.15, -0.1) is 0 Å². The highest BCUT2D eigenvalue weighted by molar-refractivity contribution is 7.91. The number of carbonyl (C=O) groups excluding carboxylic acids is 1. The number of hydrogen-bond donors (Lipinski definition) is 2. The third-order valence-corrected chi connectivity index (χ3v) is 5.40. The first kappa shape index (κ1) is 13.5. The molecule has 1 aromatic carbocycles. The van der Waals surface area contributed by atoms with E-state index in [1.54, 1.807) is 24.3 Å². The van der Waals surface area contributed by atoms with Crippen LogP contribution in [0.1, 0.15) is 16.9 Å². The molecule has 0 saturated carbocycles. The zero-order valence-corrected chi connectivity index (χ0v) is 12.1. The van der Waals surface area contributed by atoms with Gasteiger partial charge in [0.1, 0.15) is 5.69 Å². The van der Waals surface area contributed by atoms with Gasteiger partial charge < -0.3 is 10.3 Å². The van der Waals surface area contributed by atoms with Crippen LogP contribution in [-0.4, -0.2) is 36.9 Å². The van der Waals surface area contributed by atoms with Gasteiger partial charge in [-0.25, -0.2) is 8.42 Å². The van der Waals surface area contributed by atoms with Crippen LogP contribution in [0.2, 0.25) is 5.02 Å². The first-order valence-corrected chi connectivity index (χ1v) is 8.42. The number of fused-ring (bicyclic) bond motifs is 1. The standard InChI is InChI=1S/C13H13ClN2O3S/c14-9-1-2-11-8(5-9)6-12(16-11)13(17)15-10-3-4-20(18,19)7-10/h1-2,5-6,10,16H,3-4,7H2,(H,15,17)/t10-/m1/s1. The molecule has 0 radical (unpaired) electrons. The smallest absolute Gasteiger partial charge is 0.267 e. The van der Waals surface area contributed by atoms with Gasteiger partial charge in [0, 0.05) is 22.0 Å². The summed E-state index contributed by atoms with van der Waals surface area (Å²) in [5.41, 5.74) is 1.23. The predicted octanol–water partition coefficient (Wildman–Crippen LogP) is 1.74. The molecule has 0 bridgehead atoms. The SMILES string of the molecule is O=C(N[C@@H]1CCS(=O)(=O)C1)c1cc2cc(Cl)ccc2[nH]1. The highest BCUT2D eigenvalue weighted by atomic mass is 35.5. The molecule has 3 rings (SSSR count). The first-order valence-electron chi connectivity index (χ1n) is 6.22. The minimum absolute atomic E-state index is 0.0186. The van der Waals surface area contributed by atoms with Crippen molar-refractivity contribution in [3.8, 4) is 0 Å². The number of aromatic nitrogens is 1. The van der Waals surface area contributed by atoms with Crippen LogP contribution in [-0.2, 0) is 9.84 Å². The van der Waals surface area contributed by atoms with E-state index in [0.29, 0.717) is 17.1 Å². The maximum Gasteiger partial charge on any atom is 0.267 e. The van der Waals surface area contributed by atoms with Crippen molar-refractivity contribution in [3.63, 3.8) is 0 Å². The number of rotatable bonds is 2. The Kier molecular flexibility index (Phi) is 3.22. The van der Waals surface area contributed by atoms with E-state index in [1.807, 2.05) is 0 Å². The molecule has 2 aromatic rings. The molecule has 7 heteroatoms. The van der Waals surface area contributed by atoms with Crippen LogP contribution < -0.4 is 5.32 Å². The number of H-pyrrole nitrogens is 1. The molecule has 2 N–H and O–H groups in total. The Hall–Kier alpha value is -1.53. The Morgan fingerprint density at radius 2 is 2.15 bits per heavy atom. The van der Waals surface area contributed by atoms with E-state index in [2.05, 4.69) is 10.3 Å². The molecule has 1 aromatic heterocycles. The fourth-order valence-corrected chi connectivity index (χ4v) is 4.25. The molecule has 1 aliphatic heterocycles. The lowest BCUT2D eigenvalue weighted by Crippen LogP contribution is -2.35. The van der Waals surface area contributed by atoms with Gasteiger partial charge in [-0.3, -0.25) is 4.79 Å². The summed E-state index contributed by atoms with van der Waals surface area (Å²) in [6.07, 6.45) is 0.472. The van der Waals surface area contributed by atoms with Crippen molar-refractivity contribution in [2.24, 2.45) is 0 Å². The van der Waals surface area contributed by atoms with Gasteiger partial charge >= 0.3 is 0 Å². The molecular formula is C13H13ClN2O3S. The Bertz CT molecular complexity index is 782. The average molecular weight is 313 g/mol. The second kappa shape index (κ2) is 4.79. The van der Waals surface area contributed by atoms with Crippen molar-refractivity contribution in [2.45, 2.75) is 12.5 Å². The largest absolute Gasteiger partial charge is 0.351 e. The lowest BCUT2D eigenvalue weighted by atomic mass is 10.2. The van der Waals surface area contributed by atoms with Crippen LogP contribution in [0.25, 0.3) is 10.9 Å². The number of nitrogens with one attached hydrogen (secondary N) is 2. The monoisotopic (exact) mass is 312 g/mol. The van der Waals surface area contributed by atoms with Crippen LogP contribution in [0, 0.1) is 0 Å². The Morgan fingerprint density at radius 1 is 1.35 bits per heavy atom. The highest BCUT2D eigenvalue weighted by Crippen LogP contribution is 2.20. The first-order chi connectivity index (χ1) is 9.43. The molecule has 0 aliphatic carbocycles. The maximum absolute atomic E-state index is 12.1. The molecule has 1 atom stereocenters. The summed E-state index contributed by atoms with van der Waals surface area (Å²) in [5, 5.41) is 4.19. The van der Waals surface area contributed by atoms with Gasteiger partial charge in [0.2, 0.25) is 0 Å². The van der Waals surface area contributed by atoms with E-state index in [0.717, 1.165) is 10.9 Å². The normalized spacial score (nSPS) is 21.1. The zero-order chi connectivity index (χ0) is 14.3. The molecule has 5 nitrogen and oxygen atoms in total. The number of sulfone groups is 1. The Morgan fingerprint density at radius 3 is 2.85 bits per heavy atom. The average Bonchev–Trinajstić information content (AvgIpc) is 2.92. The molecular weight excluding hydrogens is 300 g/mol. The van der Waals surface area contributed by atoms with Crippen molar-refractivity contribution in [1.82, 2.24) is 10.3 Å². The van der Waals surface area contributed by atoms with Crippen molar-refractivity contribution in [1.29, 1.82) is 0 Å². The van der Waals surface area contributed by atoms with E-state index in [4.69, 9.17) is 11.6 Å². The molecule has 0 unspecified atom stereocenters. The zero-order valence-electron chi connectivity index (χ0n) is 10.5. The van der Waals surface area contributed by atoms with Crippen molar-refractivity contribution in [3.05, 3.63) is 35.0 Å². The van der Waals surface area contributed by atoms with Crippen LogP contribution in [0.3, 0.4) is 0 Å². The van der Waals surface area contributed by atoms with E-state index in [-0.39, 0.29) is 23.5 Å². The van der Waals surface area contributed by atoms with Gasteiger partial charge in [0.05, 0.1) is 11.5 Å². The number of aromatic amines is 1. The van der Waals surface area contributed by atoms with Gasteiger partial charge in [-0.1, -0.05) is 11.6 Å². The lowest BCUT2D eigenvalue weighted by Gasteiger charge is -2.09.